The average molecular weight is 278 g/mol. The molecular weight excluding hydrogens is 256 g/mol. The molecule has 0 spiro atoms. The second-order valence-corrected chi connectivity index (χ2v) is 6.13. The highest BCUT2D eigenvalue weighted by atomic mass is 16.6. The summed E-state index contributed by atoms with van der Waals surface area (Å²) >= 11 is 0. The van der Waals surface area contributed by atoms with E-state index in [9.17, 15) is 4.79 Å². The molecule has 1 aromatic rings. The number of carbonyl (C=O) groups is 1. The topological polar surface area (TPSA) is 67.3 Å². The monoisotopic (exact) mass is 278 g/mol. The fraction of sp³-hybridized carbons (Fsp3) is 0.643. The Morgan fingerprint density at radius 3 is 2.65 bits per heavy atom. The first kappa shape index (κ1) is 14.6. The number of ether oxygens (including phenoxy) is 1. The first-order chi connectivity index (χ1) is 9.28. The number of hydrogen-bond donors (Lipinski definition) is 1. The molecule has 0 saturated carbocycles. The van der Waals surface area contributed by atoms with Crippen LogP contribution in [0.2, 0.25) is 0 Å². The van der Waals surface area contributed by atoms with Crippen molar-refractivity contribution in [3.05, 3.63) is 12.3 Å². The molecule has 0 bridgehead atoms. The SMILES string of the molecule is CC(C)[C@H](C)Nc1nccc(N2CC(C)(C)OC2=O)n1. The average Bonchev–Trinajstić information content (AvgIpc) is 2.63. The Labute approximate surface area is 119 Å². The lowest BCUT2D eigenvalue weighted by molar-refractivity contribution is 0.0871. The highest BCUT2D eigenvalue weighted by molar-refractivity contribution is 5.89. The number of rotatable bonds is 4. The van der Waals surface area contributed by atoms with Crippen molar-refractivity contribution in [2.75, 3.05) is 16.8 Å². The van der Waals surface area contributed by atoms with Gasteiger partial charge in [-0.2, -0.15) is 4.98 Å². The van der Waals surface area contributed by atoms with Gasteiger partial charge in [0.15, 0.2) is 0 Å². The maximum absolute atomic E-state index is 11.9. The zero-order chi connectivity index (χ0) is 14.9. The molecule has 6 heteroatoms. The van der Waals surface area contributed by atoms with Gasteiger partial charge in [-0.05, 0) is 32.8 Å². The standard InChI is InChI=1S/C14H22N4O2/c1-9(2)10(3)16-12-15-7-6-11(17-12)18-8-14(4,5)20-13(18)19/h6-7,9-10H,8H2,1-5H3,(H,15,16,17)/t10-/m0/s1. The minimum absolute atomic E-state index is 0.257. The third-order valence-electron chi connectivity index (χ3n) is 3.40. The Morgan fingerprint density at radius 2 is 2.10 bits per heavy atom. The summed E-state index contributed by atoms with van der Waals surface area (Å²) in [5, 5.41) is 3.24. The lowest BCUT2D eigenvalue weighted by Crippen LogP contribution is -2.29. The maximum atomic E-state index is 11.9. The van der Waals surface area contributed by atoms with E-state index in [2.05, 4.69) is 36.1 Å². The van der Waals surface area contributed by atoms with Crippen molar-refractivity contribution in [2.24, 2.45) is 5.92 Å². The normalized spacial score (nSPS) is 19.1. The highest BCUT2D eigenvalue weighted by Crippen LogP contribution is 2.26. The van der Waals surface area contributed by atoms with E-state index in [1.54, 1.807) is 12.3 Å². The molecular formula is C14H22N4O2. The number of cyclic esters (lactones) is 1. The van der Waals surface area contributed by atoms with Crippen molar-refractivity contribution in [2.45, 2.75) is 46.3 Å². The minimum Gasteiger partial charge on any atom is -0.441 e. The summed E-state index contributed by atoms with van der Waals surface area (Å²) in [6, 6.07) is 1.97. The molecule has 1 amide bonds. The van der Waals surface area contributed by atoms with Gasteiger partial charge >= 0.3 is 6.09 Å². The van der Waals surface area contributed by atoms with E-state index in [4.69, 9.17) is 4.74 Å². The first-order valence-corrected chi connectivity index (χ1v) is 6.88. The molecule has 20 heavy (non-hydrogen) atoms. The summed E-state index contributed by atoms with van der Waals surface area (Å²) in [6.07, 6.45) is 1.28. The molecule has 1 N–H and O–H groups in total. The summed E-state index contributed by atoms with van der Waals surface area (Å²) < 4.78 is 5.28. The van der Waals surface area contributed by atoms with Crippen molar-refractivity contribution in [3.63, 3.8) is 0 Å². The summed E-state index contributed by atoms with van der Waals surface area (Å²) in [6.45, 7) is 10.6. The Morgan fingerprint density at radius 1 is 1.40 bits per heavy atom. The Hall–Kier alpha value is -1.85. The second-order valence-electron chi connectivity index (χ2n) is 6.13. The van der Waals surface area contributed by atoms with Crippen LogP contribution in [-0.4, -0.2) is 34.2 Å². The zero-order valence-corrected chi connectivity index (χ0v) is 12.7. The van der Waals surface area contributed by atoms with Gasteiger partial charge in [-0.25, -0.2) is 9.78 Å². The van der Waals surface area contributed by atoms with Gasteiger partial charge in [0.2, 0.25) is 5.95 Å². The summed E-state index contributed by atoms with van der Waals surface area (Å²) in [5.74, 6) is 1.56. The van der Waals surface area contributed by atoms with Gasteiger partial charge < -0.3 is 10.1 Å². The smallest absolute Gasteiger partial charge is 0.416 e. The van der Waals surface area contributed by atoms with Gasteiger partial charge in [0.1, 0.15) is 11.4 Å². The molecule has 0 radical (unpaired) electrons. The molecule has 1 aromatic heterocycles. The van der Waals surface area contributed by atoms with Crippen molar-refractivity contribution in [1.82, 2.24) is 9.97 Å². The van der Waals surface area contributed by atoms with E-state index in [-0.39, 0.29) is 12.1 Å². The number of nitrogens with one attached hydrogen (secondary N) is 1. The molecule has 1 fully saturated rings. The third-order valence-corrected chi connectivity index (χ3v) is 3.40. The van der Waals surface area contributed by atoms with Gasteiger partial charge in [0, 0.05) is 12.2 Å². The van der Waals surface area contributed by atoms with Crippen LogP contribution in [0.1, 0.15) is 34.6 Å². The van der Waals surface area contributed by atoms with Crippen molar-refractivity contribution >= 4 is 17.9 Å². The largest absolute Gasteiger partial charge is 0.441 e. The molecule has 0 aromatic carbocycles. The fourth-order valence-electron chi connectivity index (χ4n) is 1.88. The number of carbonyl (C=O) groups excluding carboxylic acids is 1. The Kier molecular flexibility index (Phi) is 3.83. The molecule has 1 aliphatic heterocycles. The van der Waals surface area contributed by atoms with Crippen LogP contribution in [0.5, 0.6) is 0 Å². The maximum Gasteiger partial charge on any atom is 0.416 e. The minimum atomic E-state index is -0.485. The lowest BCUT2D eigenvalue weighted by atomic mass is 10.1. The highest BCUT2D eigenvalue weighted by Gasteiger charge is 2.39. The van der Waals surface area contributed by atoms with Crippen LogP contribution in [0, 0.1) is 5.92 Å². The van der Waals surface area contributed by atoms with E-state index >= 15 is 0 Å². The quantitative estimate of drug-likeness (QED) is 0.917. The molecule has 1 aliphatic rings. The first-order valence-electron chi connectivity index (χ1n) is 6.88. The predicted octanol–water partition coefficient (Wildman–Crippen LogP) is 2.67. The van der Waals surface area contributed by atoms with Crippen LogP contribution in [0.3, 0.4) is 0 Å². The number of aromatic nitrogens is 2. The molecule has 2 heterocycles. The summed E-state index contributed by atoms with van der Waals surface area (Å²) in [5.41, 5.74) is -0.485. The summed E-state index contributed by atoms with van der Waals surface area (Å²) in [7, 11) is 0. The molecule has 1 saturated heterocycles. The third kappa shape index (κ3) is 3.18. The van der Waals surface area contributed by atoms with E-state index in [1.807, 2.05) is 13.8 Å². The predicted molar refractivity (Wildman–Crippen MR) is 77.9 cm³/mol. The fourth-order valence-corrected chi connectivity index (χ4v) is 1.88. The van der Waals surface area contributed by atoms with Gasteiger partial charge in [0.25, 0.3) is 0 Å². The van der Waals surface area contributed by atoms with Crippen molar-refractivity contribution < 1.29 is 9.53 Å². The van der Waals surface area contributed by atoms with E-state index in [0.29, 0.717) is 24.2 Å². The number of hydrogen-bond acceptors (Lipinski definition) is 5. The molecule has 1 atom stereocenters. The van der Waals surface area contributed by atoms with Crippen LogP contribution in [-0.2, 0) is 4.74 Å². The van der Waals surface area contributed by atoms with Gasteiger partial charge in [-0.3, -0.25) is 4.90 Å². The van der Waals surface area contributed by atoms with Gasteiger partial charge in [0.05, 0.1) is 6.54 Å². The van der Waals surface area contributed by atoms with Crippen molar-refractivity contribution in [3.8, 4) is 0 Å². The van der Waals surface area contributed by atoms with Crippen LogP contribution in [0.25, 0.3) is 0 Å². The van der Waals surface area contributed by atoms with Gasteiger partial charge in [-0.1, -0.05) is 13.8 Å². The molecule has 6 nitrogen and oxygen atoms in total. The van der Waals surface area contributed by atoms with Crippen LogP contribution in [0.4, 0.5) is 16.6 Å². The number of amides is 1. The molecule has 2 rings (SSSR count). The Bertz CT molecular complexity index is 502. The Balaban J connectivity index is 2.16. The summed E-state index contributed by atoms with van der Waals surface area (Å²) in [4.78, 5) is 22.0. The number of nitrogens with zero attached hydrogens (tertiary/aromatic N) is 3. The van der Waals surface area contributed by atoms with E-state index in [0.717, 1.165) is 0 Å². The lowest BCUT2D eigenvalue weighted by Gasteiger charge is -2.19. The molecule has 0 aliphatic carbocycles. The van der Waals surface area contributed by atoms with E-state index < -0.39 is 5.60 Å². The number of anilines is 2. The molecule has 110 valence electrons. The molecule has 0 unspecified atom stereocenters. The van der Waals surface area contributed by atoms with Gasteiger partial charge in [-0.15, -0.1) is 0 Å². The van der Waals surface area contributed by atoms with Crippen molar-refractivity contribution in [1.29, 1.82) is 0 Å². The van der Waals surface area contributed by atoms with Crippen LogP contribution < -0.4 is 10.2 Å². The second kappa shape index (κ2) is 5.26. The van der Waals surface area contributed by atoms with E-state index in [1.165, 1.54) is 4.90 Å². The zero-order valence-electron chi connectivity index (χ0n) is 12.7. The van der Waals surface area contributed by atoms with Crippen LogP contribution >= 0.6 is 0 Å². The van der Waals surface area contributed by atoms with Crippen LogP contribution in [0.15, 0.2) is 12.3 Å².